The monoisotopic (exact) mass is 291 g/mol. The number of hydrogen-bond donors (Lipinski definition) is 1. The van der Waals surface area contributed by atoms with Crippen molar-refractivity contribution in [2.24, 2.45) is 0 Å². The molecule has 1 fully saturated rings. The van der Waals surface area contributed by atoms with Gasteiger partial charge in [0.05, 0.1) is 10.8 Å². The Morgan fingerprint density at radius 3 is 2.67 bits per heavy atom. The molecule has 1 amide bonds. The number of nitro benzene ring substituents is 1. The topological polar surface area (TPSA) is 75.5 Å². The van der Waals surface area contributed by atoms with Crippen LogP contribution in [0.4, 0.5) is 5.69 Å². The Kier molecular flexibility index (Phi) is 5.27. The number of nitrogens with one attached hydrogen (secondary N) is 1. The zero-order valence-electron chi connectivity index (χ0n) is 12.2. The largest absolute Gasteiger partial charge is 0.341 e. The lowest BCUT2D eigenvalue weighted by atomic mass is 9.97. The van der Waals surface area contributed by atoms with E-state index in [1.54, 1.807) is 12.1 Å². The number of nitrogens with zero attached hydrogens (tertiary/aromatic N) is 2. The molecule has 1 aliphatic heterocycles. The van der Waals surface area contributed by atoms with E-state index in [1.165, 1.54) is 12.1 Å². The Morgan fingerprint density at radius 1 is 1.33 bits per heavy atom. The van der Waals surface area contributed by atoms with E-state index in [-0.39, 0.29) is 17.5 Å². The molecular weight excluding hydrogens is 270 g/mol. The molecule has 0 radical (unpaired) electrons. The third-order valence-electron chi connectivity index (χ3n) is 3.79. The number of hydrogen-bond acceptors (Lipinski definition) is 4. The van der Waals surface area contributed by atoms with Crippen molar-refractivity contribution < 1.29 is 9.72 Å². The number of benzene rings is 1. The third-order valence-corrected chi connectivity index (χ3v) is 3.79. The number of nitro groups is 1. The molecule has 1 saturated heterocycles. The molecule has 1 aromatic carbocycles. The van der Waals surface area contributed by atoms with Gasteiger partial charge >= 0.3 is 0 Å². The van der Waals surface area contributed by atoms with E-state index in [2.05, 4.69) is 12.2 Å². The predicted octanol–water partition coefficient (Wildman–Crippen LogP) is 1.91. The number of carbonyl (C=O) groups is 1. The Balaban J connectivity index is 1.93. The van der Waals surface area contributed by atoms with Crippen LogP contribution in [0.25, 0.3) is 0 Å². The minimum atomic E-state index is -0.425. The summed E-state index contributed by atoms with van der Waals surface area (Å²) in [6.07, 6.45) is 1.86. The highest BCUT2D eigenvalue weighted by molar-refractivity contribution is 5.85. The van der Waals surface area contributed by atoms with Gasteiger partial charge in [0.1, 0.15) is 0 Å². The summed E-state index contributed by atoms with van der Waals surface area (Å²) in [6, 6.07) is 6.32. The van der Waals surface area contributed by atoms with Gasteiger partial charge in [0.15, 0.2) is 0 Å². The van der Waals surface area contributed by atoms with Crippen molar-refractivity contribution in [2.45, 2.75) is 25.7 Å². The second-order valence-electron chi connectivity index (χ2n) is 5.27. The van der Waals surface area contributed by atoms with Gasteiger partial charge in [0, 0.05) is 31.8 Å². The van der Waals surface area contributed by atoms with Crippen LogP contribution >= 0.6 is 0 Å². The molecule has 21 heavy (non-hydrogen) atoms. The van der Waals surface area contributed by atoms with Gasteiger partial charge in [-0.25, -0.2) is 0 Å². The normalized spacial score (nSPS) is 18.2. The van der Waals surface area contributed by atoms with Crippen molar-refractivity contribution in [1.29, 1.82) is 0 Å². The van der Waals surface area contributed by atoms with Crippen LogP contribution in [0.5, 0.6) is 0 Å². The number of amides is 1. The Labute approximate surface area is 124 Å². The highest BCUT2D eigenvalue weighted by atomic mass is 16.6. The number of non-ortho nitro benzene ring substituents is 1. The Bertz CT molecular complexity index is 501. The molecule has 1 atom stereocenters. The fourth-order valence-electron chi connectivity index (χ4n) is 2.61. The molecule has 1 aliphatic rings. The molecule has 6 heteroatoms. The molecule has 0 aliphatic carbocycles. The highest BCUT2D eigenvalue weighted by Crippen LogP contribution is 2.29. The molecule has 114 valence electrons. The average Bonchev–Trinajstić information content (AvgIpc) is 2.85. The second kappa shape index (κ2) is 7.17. The van der Waals surface area contributed by atoms with Gasteiger partial charge in [-0.05, 0) is 24.9 Å². The summed E-state index contributed by atoms with van der Waals surface area (Å²) >= 11 is 0. The molecule has 1 heterocycles. The zero-order valence-corrected chi connectivity index (χ0v) is 12.2. The molecule has 0 spiro atoms. The van der Waals surface area contributed by atoms with Crippen LogP contribution in [0.15, 0.2) is 24.3 Å². The van der Waals surface area contributed by atoms with Gasteiger partial charge in [-0.1, -0.05) is 19.1 Å². The van der Waals surface area contributed by atoms with E-state index >= 15 is 0 Å². The molecule has 6 nitrogen and oxygen atoms in total. The highest BCUT2D eigenvalue weighted by Gasteiger charge is 2.32. The number of rotatable bonds is 7. The summed E-state index contributed by atoms with van der Waals surface area (Å²) < 4.78 is 0. The summed E-state index contributed by atoms with van der Waals surface area (Å²) in [5.74, 6) is -0.0286. The Morgan fingerprint density at radius 2 is 2.05 bits per heavy atom. The van der Waals surface area contributed by atoms with Crippen LogP contribution in [-0.2, 0) is 4.79 Å². The maximum atomic E-state index is 12.4. The lowest BCUT2D eigenvalue weighted by Crippen LogP contribution is -2.34. The van der Waals surface area contributed by atoms with Gasteiger partial charge in [-0.3, -0.25) is 14.9 Å². The predicted molar refractivity (Wildman–Crippen MR) is 80.2 cm³/mol. The molecule has 2 rings (SSSR count). The van der Waals surface area contributed by atoms with Crippen LogP contribution < -0.4 is 5.32 Å². The van der Waals surface area contributed by atoms with E-state index in [1.807, 2.05) is 4.90 Å². The van der Waals surface area contributed by atoms with Crippen molar-refractivity contribution in [3.05, 3.63) is 39.9 Å². The zero-order chi connectivity index (χ0) is 15.2. The standard InChI is InChI=1S/C15H21N3O3/c1-2-8-16-9-11-17-10-7-14(15(17)19)12-3-5-13(6-4-12)18(20)21/h3-6,14,16H,2,7-11H2,1H3. The van der Waals surface area contributed by atoms with E-state index in [0.29, 0.717) is 0 Å². The first-order valence-corrected chi connectivity index (χ1v) is 7.37. The molecular formula is C15H21N3O3. The van der Waals surface area contributed by atoms with Gasteiger partial charge < -0.3 is 10.2 Å². The first-order chi connectivity index (χ1) is 10.1. The van der Waals surface area contributed by atoms with Crippen LogP contribution in [-0.4, -0.2) is 41.9 Å². The summed E-state index contributed by atoms with van der Waals surface area (Å²) in [4.78, 5) is 24.4. The van der Waals surface area contributed by atoms with Crippen LogP contribution in [0.3, 0.4) is 0 Å². The minimum Gasteiger partial charge on any atom is -0.341 e. The fourth-order valence-corrected chi connectivity index (χ4v) is 2.61. The van der Waals surface area contributed by atoms with Gasteiger partial charge in [-0.15, -0.1) is 0 Å². The third kappa shape index (κ3) is 3.78. The maximum Gasteiger partial charge on any atom is 0.269 e. The molecule has 0 aromatic heterocycles. The lowest BCUT2D eigenvalue weighted by Gasteiger charge is -2.17. The average molecular weight is 291 g/mol. The molecule has 0 bridgehead atoms. The lowest BCUT2D eigenvalue weighted by molar-refractivity contribution is -0.384. The first-order valence-electron chi connectivity index (χ1n) is 7.37. The number of carbonyl (C=O) groups excluding carboxylic acids is 1. The maximum absolute atomic E-state index is 12.4. The smallest absolute Gasteiger partial charge is 0.269 e. The van der Waals surface area contributed by atoms with Gasteiger partial charge in [-0.2, -0.15) is 0 Å². The van der Waals surface area contributed by atoms with E-state index < -0.39 is 4.92 Å². The van der Waals surface area contributed by atoms with E-state index in [4.69, 9.17) is 0 Å². The molecule has 1 unspecified atom stereocenters. The second-order valence-corrected chi connectivity index (χ2v) is 5.27. The van der Waals surface area contributed by atoms with Crippen LogP contribution in [0.2, 0.25) is 0 Å². The van der Waals surface area contributed by atoms with Crippen LogP contribution in [0, 0.1) is 10.1 Å². The summed E-state index contributed by atoms with van der Waals surface area (Å²) in [5, 5.41) is 13.9. The van der Waals surface area contributed by atoms with Gasteiger partial charge in [0.2, 0.25) is 5.91 Å². The minimum absolute atomic E-state index is 0.0600. The fraction of sp³-hybridized carbons (Fsp3) is 0.533. The van der Waals surface area contributed by atoms with Crippen LogP contribution in [0.1, 0.15) is 31.2 Å². The van der Waals surface area contributed by atoms with Crippen molar-refractivity contribution in [2.75, 3.05) is 26.2 Å². The van der Waals surface area contributed by atoms with Gasteiger partial charge in [0.25, 0.3) is 5.69 Å². The van der Waals surface area contributed by atoms with Crippen molar-refractivity contribution >= 4 is 11.6 Å². The molecule has 0 saturated carbocycles. The summed E-state index contributed by atoms with van der Waals surface area (Å²) in [6.45, 7) is 5.37. The molecule has 1 aromatic rings. The first kappa shape index (κ1) is 15.4. The van der Waals surface area contributed by atoms with Crippen molar-refractivity contribution in [3.8, 4) is 0 Å². The quantitative estimate of drug-likeness (QED) is 0.473. The number of likely N-dealkylation sites (tertiary alicyclic amines) is 1. The van der Waals surface area contributed by atoms with Crippen molar-refractivity contribution in [3.63, 3.8) is 0 Å². The Hall–Kier alpha value is -1.95. The summed E-state index contributed by atoms with van der Waals surface area (Å²) in [5.41, 5.74) is 0.930. The van der Waals surface area contributed by atoms with E-state index in [9.17, 15) is 14.9 Å². The van der Waals surface area contributed by atoms with E-state index in [0.717, 1.165) is 44.6 Å². The molecule has 1 N–H and O–H groups in total. The summed E-state index contributed by atoms with van der Waals surface area (Å²) in [7, 11) is 0. The SMILES string of the molecule is CCCNCCN1CCC(c2ccc([N+](=O)[O-])cc2)C1=O. The van der Waals surface area contributed by atoms with Crippen molar-refractivity contribution in [1.82, 2.24) is 10.2 Å².